The molecule has 0 radical (unpaired) electrons. The monoisotopic (exact) mass is 93.1 g/mol. The maximum atomic E-state index is 4.23. The zero-order chi connectivity index (χ0) is 4.69. The lowest BCUT2D eigenvalue weighted by molar-refractivity contribution is 0.753. The number of dihydropyridines is 1. The first kappa shape index (κ1) is 3.42. The highest BCUT2D eigenvalue weighted by Crippen LogP contribution is 2.21. The van der Waals surface area contributed by atoms with Gasteiger partial charge in [-0.3, -0.25) is 4.99 Å². The highest BCUT2D eigenvalue weighted by atomic mass is 14.8. The molecule has 2 bridgehead atoms. The molecule has 2 rings (SSSR count). The van der Waals surface area contributed by atoms with Crippen molar-refractivity contribution in [3.63, 3.8) is 0 Å². The second-order valence-electron chi connectivity index (χ2n) is 2.16. The second kappa shape index (κ2) is 0.971. The minimum absolute atomic E-state index is 0.787. The van der Waals surface area contributed by atoms with Crippen molar-refractivity contribution in [2.75, 3.05) is 6.54 Å². The Labute approximate surface area is 42.8 Å². The van der Waals surface area contributed by atoms with Gasteiger partial charge in [-0.2, -0.15) is 0 Å². The van der Waals surface area contributed by atoms with E-state index in [4.69, 9.17) is 0 Å². The van der Waals surface area contributed by atoms with Gasteiger partial charge >= 0.3 is 0 Å². The Kier molecular flexibility index (Phi) is 0.474. The first-order valence-corrected chi connectivity index (χ1v) is 2.67. The third-order valence-corrected chi connectivity index (χ3v) is 1.56. The number of nitrogens with zero attached hydrogens (tertiary/aromatic N) is 1. The third kappa shape index (κ3) is 0.350. The summed E-state index contributed by atoms with van der Waals surface area (Å²) < 4.78 is 0. The molecule has 1 unspecified atom stereocenters. The van der Waals surface area contributed by atoms with Crippen LogP contribution >= 0.6 is 0 Å². The van der Waals surface area contributed by atoms with Crippen molar-refractivity contribution < 1.29 is 0 Å². The molecule has 0 aromatic carbocycles. The molecule has 0 amide bonds. The van der Waals surface area contributed by atoms with E-state index in [1.807, 2.05) is 0 Å². The normalized spacial score (nSPS) is 34.3. The first-order chi connectivity index (χ1) is 3.45. The fourth-order valence-corrected chi connectivity index (χ4v) is 1.13. The predicted molar refractivity (Wildman–Crippen MR) is 29.5 cm³/mol. The van der Waals surface area contributed by atoms with Crippen molar-refractivity contribution in [2.45, 2.75) is 6.42 Å². The molecule has 1 heteroatoms. The van der Waals surface area contributed by atoms with Crippen LogP contribution < -0.4 is 0 Å². The molecular weight excluding hydrogens is 86.1 g/mol. The van der Waals surface area contributed by atoms with Gasteiger partial charge in [0, 0.05) is 18.2 Å². The molecule has 1 heterocycles. The number of hydrogen-bond acceptors (Lipinski definition) is 1. The van der Waals surface area contributed by atoms with E-state index in [0.717, 1.165) is 12.5 Å². The van der Waals surface area contributed by atoms with Gasteiger partial charge in [-0.1, -0.05) is 6.08 Å². The Morgan fingerprint density at radius 3 is 2.86 bits per heavy atom. The SMILES string of the molecule is C1=CC2CN=C1C2. The lowest BCUT2D eigenvalue weighted by atomic mass is 10.2. The standard InChI is InChI=1S/C6H7N/c1-2-6-3-5(1)4-7-6/h1-2,5H,3-4H2. The zero-order valence-electron chi connectivity index (χ0n) is 4.09. The second-order valence-corrected chi connectivity index (χ2v) is 2.16. The summed E-state index contributed by atoms with van der Waals surface area (Å²) in [5.41, 5.74) is 1.31. The van der Waals surface area contributed by atoms with Crippen LogP contribution in [0.15, 0.2) is 17.1 Å². The van der Waals surface area contributed by atoms with Crippen LogP contribution in [0.2, 0.25) is 0 Å². The van der Waals surface area contributed by atoms with E-state index in [1.165, 1.54) is 12.1 Å². The topological polar surface area (TPSA) is 12.4 Å². The molecule has 0 aromatic heterocycles. The quantitative estimate of drug-likeness (QED) is 0.424. The first-order valence-electron chi connectivity index (χ1n) is 2.67. The summed E-state index contributed by atoms with van der Waals surface area (Å²) in [7, 11) is 0. The molecule has 0 fully saturated rings. The van der Waals surface area contributed by atoms with Gasteiger partial charge < -0.3 is 0 Å². The summed E-state index contributed by atoms with van der Waals surface area (Å²) in [5.74, 6) is 0.787. The van der Waals surface area contributed by atoms with Crippen LogP contribution in [0.25, 0.3) is 0 Å². The molecule has 0 saturated heterocycles. The van der Waals surface area contributed by atoms with Crippen LogP contribution in [0.3, 0.4) is 0 Å². The van der Waals surface area contributed by atoms with E-state index in [1.54, 1.807) is 0 Å². The van der Waals surface area contributed by atoms with Gasteiger partial charge in [-0.05, 0) is 12.5 Å². The van der Waals surface area contributed by atoms with E-state index < -0.39 is 0 Å². The fourth-order valence-electron chi connectivity index (χ4n) is 1.13. The van der Waals surface area contributed by atoms with Crippen molar-refractivity contribution >= 4 is 5.71 Å². The van der Waals surface area contributed by atoms with Crippen molar-refractivity contribution in [3.05, 3.63) is 12.2 Å². The molecule has 1 nitrogen and oxygen atoms in total. The maximum Gasteiger partial charge on any atom is 0.0459 e. The van der Waals surface area contributed by atoms with Gasteiger partial charge in [-0.15, -0.1) is 0 Å². The van der Waals surface area contributed by atoms with Crippen molar-refractivity contribution in [1.29, 1.82) is 0 Å². The number of fused-ring (bicyclic) bond motifs is 2. The Morgan fingerprint density at radius 1 is 1.71 bits per heavy atom. The van der Waals surface area contributed by atoms with Gasteiger partial charge in [0.1, 0.15) is 0 Å². The molecule has 0 aromatic rings. The average Bonchev–Trinajstić information content (AvgIpc) is 2.22. The van der Waals surface area contributed by atoms with Crippen LogP contribution in [0.1, 0.15) is 6.42 Å². The molecule has 1 atom stereocenters. The maximum absolute atomic E-state index is 4.23. The highest BCUT2D eigenvalue weighted by molar-refractivity contribution is 5.98. The molecule has 2 aliphatic rings. The van der Waals surface area contributed by atoms with Crippen LogP contribution in [0.5, 0.6) is 0 Å². The molecule has 1 aliphatic carbocycles. The fraction of sp³-hybridized carbons (Fsp3) is 0.500. The van der Waals surface area contributed by atoms with Gasteiger partial charge in [0.25, 0.3) is 0 Å². The van der Waals surface area contributed by atoms with E-state index >= 15 is 0 Å². The summed E-state index contributed by atoms with van der Waals surface area (Å²) in [5, 5.41) is 0. The molecule has 0 spiro atoms. The predicted octanol–water partition coefficient (Wildman–Crippen LogP) is 1.02. The number of aliphatic imine (C=N–C) groups is 1. The average molecular weight is 93.1 g/mol. The summed E-state index contributed by atoms with van der Waals surface area (Å²) >= 11 is 0. The van der Waals surface area contributed by atoms with E-state index in [9.17, 15) is 0 Å². The number of allylic oxidation sites excluding steroid dienone is 1. The largest absolute Gasteiger partial charge is 0.289 e. The summed E-state index contributed by atoms with van der Waals surface area (Å²) in [6.45, 7) is 1.06. The number of hydrogen-bond donors (Lipinski definition) is 0. The van der Waals surface area contributed by atoms with E-state index in [-0.39, 0.29) is 0 Å². The lowest BCUT2D eigenvalue weighted by Crippen LogP contribution is -1.88. The highest BCUT2D eigenvalue weighted by Gasteiger charge is 2.18. The van der Waals surface area contributed by atoms with Crippen LogP contribution in [-0.4, -0.2) is 12.3 Å². The van der Waals surface area contributed by atoms with Crippen molar-refractivity contribution in [3.8, 4) is 0 Å². The minimum atomic E-state index is 0.787. The van der Waals surface area contributed by atoms with Crippen molar-refractivity contribution in [2.24, 2.45) is 10.9 Å². The van der Waals surface area contributed by atoms with Crippen LogP contribution in [0, 0.1) is 5.92 Å². The molecule has 36 valence electrons. The molecule has 0 saturated carbocycles. The third-order valence-electron chi connectivity index (χ3n) is 1.56. The molecule has 1 aliphatic heterocycles. The zero-order valence-corrected chi connectivity index (χ0v) is 4.09. The summed E-state index contributed by atoms with van der Waals surface area (Å²) in [4.78, 5) is 4.23. The lowest BCUT2D eigenvalue weighted by Gasteiger charge is -1.91. The number of rotatable bonds is 0. The Bertz CT molecular complexity index is 144. The van der Waals surface area contributed by atoms with Crippen LogP contribution in [-0.2, 0) is 0 Å². The molecular formula is C6H7N. The van der Waals surface area contributed by atoms with Gasteiger partial charge in [0.15, 0.2) is 0 Å². The smallest absolute Gasteiger partial charge is 0.0459 e. The Balaban J connectivity index is 2.45. The molecule has 0 N–H and O–H groups in total. The Morgan fingerprint density at radius 2 is 2.71 bits per heavy atom. The summed E-state index contributed by atoms with van der Waals surface area (Å²) in [6.07, 6.45) is 5.61. The summed E-state index contributed by atoms with van der Waals surface area (Å²) in [6, 6.07) is 0. The van der Waals surface area contributed by atoms with E-state index in [2.05, 4.69) is 17.1 Å². The van der Waals surface area contributed by atoms with Crippen LogP contribution in [0.4, 0.5) is 0 Å². The van der Waals surface area contributed by atoms with Crippen molar-refractivity contribution in [1.82, 2.24) is 0 Å². The van der Waals surface area contributed by atoms with E-state index in [0.29, 0.717) is 0 Å². The Hall–Kier alpha value is -0.590. The van der Waals surface area contributed by atoms with Gasteiger partial charge in [0.2, 0.25) is 0 Å². The molecule has 7 heavy (non-hydrogen) atoms. The van der Waals surface area contributed by atoms with Gasteiger partial charge in [-0.25, -0.2) is 0 Å². The van der Waals surface area contributed by atoms with Gasteiger partial charge in [0.05, 0.1) is 0 Å². The minimum Gasteiger partial charge on any atom is -0.289 e.